The van der Waals surface area contributed by atoms with Gasteiger partial charge in [-0.2, -0.15) is 0 Å². The van der Waals surface area contributed by atoms with Crippen molar-refractivity contribution in [3.8, 4) is 0 Å². The molecule has 0 aromatic heterocycles. The average Bonchev–Trinajstić information content (AvgIpc) is 2.27. The maximum absolute atomic E-state index is 10.9. The van der Waals surface area contributed by atoms with Crippen molar-refractivity contribution in [2.24, 2.45) is 5.92 Å². The second-order valence-electron chi connectivity index (χ2n) is 2.87. The molecule has 3 heteroatoms. The van der Waals surface area contributed by atoms with E-state index < -0.39 is 0 Å². The van der Waals surface area contributed by atoms with E-state index in [-0.39, 0.29) is 5.91 Å². The van der Waals surface area contributed by atoms with E-state index in [1.54, 1.807) is 0 Å². The third-order valence-corrected chi connectivity index (χ3v) is 2.31. The Bertz CT molecular complexity index is 267. The molecule has 1 aliphatic heterocycles. The van der Waals surface area contributed by atoms with Gasteiger partial charge in [0, 0.05) is 23.1 Å². The van der Waals surface area contributed by atoms with Gasteiger partial charge in [-0.05, 0) is 12.5 Å². The number of halogens is 1. The highest BCUT2D eigenvalue weighted by atomic mass is 35.5. The van der Waals surface area contributed by atoms with Crippen molar-refractivity contribution in [2.45, 2.75) is 12.8 Å². The quantitative estimate of drug-likeness (QED) is 0.586. The van der Waals surface area contributed by atoms with E-state index in [2.05, 4.69) is 5.32 Å². The molecule has 1 amide bonds. The smallest absolute Gasteiger partial charge is 0.224 e. The van der Waals surface area contributed by atoms with Gasteiger partial charge in [0.25, 0.3) is 0 Å². The molecule has 1 heterocycles. The van der Waals surface area contributed by atoms with Gasteiger partial charge in [-0.25, -0.2) is 0 Å². The van der Waals surface area contributed by atoms with Crippen molar-refractivity contribution in [3.05, 3.63) is 22.9 Å². The third-order valence-electron chi connectivity index (χ3n) is 2.05. The van der Waals surface area contributed by atoms with Gasteiger partial charge in [0.1, 0.15) is 0 Å². The Morgan fingerprint density at radius 3 is 3.27 bits per heavy atom. The first-order valence-electron chi connectivity index (χ1n) is 3.63. The zero-order valence-electron chi connectivity index (χ0n) is 5.93. The van der Waals surface area contributed by atoms with Crippen LogP contribution in [0.2, 0.25) is 0 Å². The molecule has 0 radical (unpaired) electrons. The summed E-state index contributed by atoms with van der Waals surface area (Å²) in [5, 5.41) is 3.52. The minimum Gasteiger partial charge on any atom is -0.329 e. The van der Waals surface area contributed by atoms with Gasteiger partial charge in [0.05, 0.1) is 0 Å². The summed E-state index contributed by atoms with van der Waals surface area (Å²) in [6.07, 6.45) is 5.30. The molecule has 1 fully saturated rings. The van der Waals surface area contributed by atoms with Crippen LogP contribution in [0.4, 0.5) is 0 Å². The molecule has 0 spiro atoms. The van der Waals surface area contributed by atoms with Gasteiger partial charge in [0.15, 0.2) is 0 Å². The molecule has 2 rings (SSSR count). The lowest BCUT2D eigenvalue weighted by atomic mass is 9.97. The number of rotatable bonds is 0. The molecule has 1 atom stereocenters. The molecule has 0 saturated carbocycles. The van der Waals surface area contributed by atoms with E-state index in [0.29, 0.717) is 12.3 Å². The fourth-order valence-electron chi connectivity index (χ4n) is 1.47. The van der Waals surface area contributed by atoms with Gasteiger partial charge in [-0.15, -0.1) is 0 Å². The van der Waals surface area contributed by atoms with Crippen LogP contribution in [0.3, 0.4) is 0 Å². The number of carbonyl (C=O) groups is 1. The highest BCUT2D eigenvalue weighted by Gasteiger charge is 2.27. The minimum atomic E-state index is 0.112. The molecule has 0 bridgehead atoms. The van der Waals surface area contributed by atoms with Crippen LogP contribution < -0.4 is 5.32 Å². The molecule has 1 N–H and O–H groups in total. The summed E-state index contributed by atoms with van der Waals surface area (Å²) in [7, 11) is 0. The predicted octanol–water partition coefficient (Wildman–Crippen LogP) is 1.53. The first-order chi connectivity index (χ1) is 5.25. The second-order valence-corrected chi connectivity index (χ2v) is 3.31. The molecular formula is C8H8ClNO. The maximum Gasteiger partial charge on any atom is 0.224 e. The van der Waals surface area contributed by atoms with Gasteiger partial charge >= 0.3 is 0 Å². The van der Waals surface area contributed by atoms with Crippen LogP contribution >= 0.6 is 11.6 Å². The number of nitrogens with one attached hydrogen (secondary N) is 1. The van der Waals surface area contributed by atoms with Gasteiger partial charge in [-0.1, -0.05) is 17.7 Å². The van der Waals surface area contributed by atoms with Crippen LogP contribution in [0.25, 0.3) is 0 Å². The van der Waals surface area contributed by atoms with Gasteiger partial charge in [0.2, 0.25) is 5.91 Å². The van der Waals surface area contributed by atoms with E-state index in [1.807, 2.05) is 12.2 Å². The molecule has 2 nitrogen and oxygen atoms in total. The second kappa shape index (κ2) is 2.38. The first-order valence-corrected chi connectivity index (χ1v) is 4.00. The van der Waals surface area contributed by atoms with E-state index in [9.17, 15) is 4.79 Å². The number of allylic oxidation sites excluding steroid dienone is 4. The Balaban J connectivity index is 2.26. The Morgan fingerprint density at radius 1 is 1.64 bits per heavy atom. The molecular weight excluding hydrogens is 162 g/mol. The fourth-order valence-corrected chi connectivity index (χ4v) is 1.68. The molecule has 0 aromatic carbocycles. The summed E-state index contributed by atoms with van der Waals surface area (Å²) in [5.74, 6) is 0.478. The number of carbonyl (C=O) groups excluding carboxylic acids is 1. The summed E-state index contributed by atoms with van der Waals surface area (Å²) in [6, 6.07) is 0. The highest BCUT2D eigenvalue weighted by molar-refractivity contribution is 6.31. The molecule has 1 saturated heterocycles. The zero-order valence-corrected chi connectivity index (χ0v) is 6.69. The van der Waals surface area contributed by atoms with E-state index in [0.717, 1.165) is 17.2 Å². The van der Waals surface area contributed by atoms with E-state index >= 15 is 0 Å². The van der Waals surface area contributed by atoms with Crippen LogP contribution in [0.5, 0.6) is 0 Å². The average molecular weight is 170 g/mol. The van der Waals surface area contributed by atoms with Crippen LogP contribution in [-0.2, 0) is 4.79 Å². The normalized spacial score (nSPS) is 28.8. The Morgan fingerprint density at radius 2 is 2.45 bits per heavy atom. The molecule has 11 heavy (non-hydrogen) atoms. The lowest BCUT2D eigenvalue weighted by Crippen LogP contribution is -2.13. The lowest BCUT2D eigenvalue weighted by molar-refractivity contribution is -0.119. The summed E-state index contributed by atoms with van der Waals surface area (Å²) >= 11 is 5.76. The molecule has 58 valence electrons. The van der Waals surface area contributed by atoms with Crippen molar-refractivity contribution >= 4 is 17.5 Å². The topological polar surface area (TPSA) is 29.1 Å². The van der Waals surface area contributed by atoms with Crippen LogP contribution in [0.15, 0.2) is 22.9 Å². The van der Waals surface area contributed by atoms with E-state index in [4.69, 9.17) is 11.6 Å². The SMILES string of the molecule is O=C1CC2CC=C(Cl)C=C2N1. The third kappa shape index (κ3) is 1.18. The van der Waals surface area contributed by atoms with Gasteiger partial charge < -0.3 is 5.32 Å². The van der Waals surface area contributed by atoms with Crippen LogP contribution in [0.1, 0.15) is 12.8 Å². The monoisotopic (exact) mass is 169 g/mol. The van der Waals surface area contributed by atoms with Crippen molar-refractivity contribution < 1.29 is 4.79 Å². The molecule has 1 aliphatic carbocycles. The number of amides is 1. The predicted molar refractivity (Wildman–Crippen MR) is 42.9 cm³/mol. The standard InChI is InChI=1S/C8H8ClNO/c9-6-2-1-5-3-8(11)10-7(5)4-6/h2,4-5H,1,3H2,(H,10,11). The van der Waals surface area contributed by atoms with Crippen molar-refractivity contribution in [1.29, 1.82) is 0 Å². The fraction of sp³-hybridized carbons (Fsp3) is 0.375. The van der Waals surface area contributed by atoms with Crippen LogP contribution in [-0.4, -0.2) is 5.91 Å². The summed E-state index contributed by atoms with van der Waals surface area (Å²) in [5.41, 5.74) is 0.988. The number of hydrogen-bond donors (Lipinski definition) is 1. The van der Waals surface area contributed by atoms with E-state index in [1.165, 1.54) is 0 Å². The van der Waals surface area contributed by atoms with Crippen molar-refractivity contribution in [1.82, 2.24) is 5.32 Å². The minimum absolute atomic E-state index is 0.112. The first kappa shape index (κ1) is 6.92. The summed E-state index contributed by atoms with van der Waals surface area (Å²) in [6.45, 7) is 0. The molecule has 1 unspecified atom stereocenters. The number of fused-ring (bicyclic) bond motifs is 1. The summed E-state index contributed by atoms with van der Waals surface area (Å²) in [4.78, 5) is 10.9. The Labute approximate surface area is 69.9 Å². The van der Waals surface area contributed by atoms with Gasteiger partial charge in [-0.3, -0.25) is 4.79 Å². The Hall–Kier alpha value is -0.760. The Kier molecular flexibility index (Phi) is 1.50. The van der Waals surface area contributed by atoms with Crippen LogP contribution in [0, 0.1) is 5.92 Å². The zero-order chi connectivity index (χ0) is 7.84. The largest absolute Gasteiger partial charge is 0.329 e. The maximum atomic E-state index is 10.9. The molecule has 0 aromatic rings. The number of hydrogen-bond acceptors (Lipinski definition) is 1. The highest BCUT2D eigenvalue weighted by Crippen LogP contribution is 2.30. The van der Waals surface area contributed by atoms with Crippen molar-refractivity contribution in [2.75, 3.05) is 0 Å². The summed E-state index contributed by atoms with van der Waals surface area (Å²) < 4.78 is 0. The lowest BCUT2D eigenvalue weighted by Gasteiger charge is -2.11. The van der Waals surface area contributed by atoms with Crippen molar-refractivity contribution in [3.63, 3.8) is 0 Å². The molecule has 2 aliphatic rings.